The number of carbonyl (C=O) groups is 3. The summed E-state index contributed by atoms with van der Waals surface area (Å²) in [6.07, 6.45) is 0.122. The Morgan fingerprint density at radius 1 is 1.17 bits per heavy atom. The molecule has 2 rings (SSSR count). The van der Waals surface area contributed by atoms with Gasteiger partial charge in [-0.15, -0.1) is 0 Å². The number of halogens is 1. The van der Waals surface area contributed by atoms with E-state index in [1.165, 1.54) is 23.1 Å². The number of nitriles is 1. The number of anilines is 1. The van der Waals surface area contributed by atoms with Crippen molar-refractivity contribution < 1.29 is 23.5 Å². The third-order valence-corrected chi connectivity index (χ3v) is 3.93. The number of amides is 2. The van der Waals surface area contributed by atoms with Gasteiger partial charge in [0.05, 0.1) is 12.5 Å². The molecule has 2 amide bonds. The van der Waals surface area contributed by atoms with E-state index in [0.717, 1.165) is 11.6 Å². The smallest absolute Gasteiger partial charge is 0.325 e. The monoisotopic (exact) mass is 397 g/mol. The van der Waals surface area contributed by atoms with Crippen molar-refractivity contribution in [1.82, 2.24) is 5.32 Å². The predicted molar refractivity (Wildman–Crippen MR) is 103 cm³/mol. The van der Waals surface area contributed by atoms with E-state index < -0.39 is 36.8 Å². The second-order valence-electron chi connectivity index (χ2n) is 6.14. The normalized spacial score (nSPS) is 9.97. The van der Waals surface area contributed by atoms with E-state index in [1.807, 2.05) is 25.1 Å². The van der Waals surface area contributed by atoms with Gasteiger partial charge in [0.25, 0.3) is 11.8 Å². The van der Waals surface area contributed by atoms with Crippen LogP contribution in [0.5, 0.6) is 0 Å². The molecule has 7 nitrogen and oxygen atoms in total. The van der Waals surface area contributed by atoms with Gasteiger partial charge in [0.2, 0.25) is 0 Å². The summed E-state index contributed by atoms with van der Waals surface area (Å²) in [5, 5.41) is 11.1. The van der Waals surface area contributed by atoms with Crippen LogP contribution in [0.1, 0.15) is 22.3 Å². The summed E-state index contributed by atoms with van der Waals surface area (Å²) in [5.41, 5.74) is 1.67. The molecule has 0 atom stereocenters. The van der Waals surface area contributed by atoms with Crippen molar-refractivity contribution in [2.75, 3.05) is 24.6 Å². The maximum Gasteiger partial charge on any atom is 0.325 e. The summed E-state index contributed by atoms with van der Waals surface area (Å²) in [5.74, 6) is -2.51. The molecule has 0 aromatic heterocycles. The summed E-state index contributed by atoms with van der Waals surface area (Å²) in [7, 11) is 0. The van der Waals surface area contributed by atoms with E-state index in [9.17, 15) is 18.8 Å². The predicted octanol–water partition coefficient (Wildman–Crippen LogP) is 2.35. The van der Waals surface area contributed by atoms with Gasteiger partial charge >= 0.3 is 5.97 Å². The van der Waals surface area contributed by atoms with Gasteiger partial charge in [0.15, 0.2) is 6.61 Å². The van der Waals surface area contributed by atoms with Crippen molar-refractivity contribution in [3.63, 3.8) is 0 Å². The van der Waals surface area contributed by atoms with Gasteiger partial charge < -0.3 is 15.0 Å². The molecule has 2 aromatic carbocycles. The number of hydrogen-bond donors (Lipinski definition) is 1. The highest BCUT2D eigenvalue weighted by atomic mass is 19.1. The van der Waals surface area contributed by atoms with Crippen molar-refractivity contribution >= 4 is 23.5 Å². The maximum atomic E-state index is 13.1. The van der Waals surface area contributed by atoms with E-state index in [0.29, 0.717) is 5.69 Å². The van der Waals surface area contributed by atoms with E-state index >= 15 is 0 Å². The van der Waals surface area contributed by atoms with Gasteiger partial charge in [-0.2, -0.15) is 5.26 Å². The fraction of sp³-hybridized carbons (Fsp3) is 0.238. The minimum Gasteiger partial charge on any atom is -0.454 e. The molecule has 2 aromatic rings. The summed E-state index contributed by atoms with van der Waals surface area (Å²) in [6.45, 7) is 1.07. The van der Waals surface area contributed by atoms with Crippen molar-refractivity contribution in [2.45, 2.75) is 13.3 Å². The number of nitrogens with one attached hydrogen (secondary N) is 1. The molecule has 1 N–H and O–H groups in total. The number of carbonyl (C=O) groups excluding carboxylic acids is 3. The minimum atomic E-state index is -0.813. The number of aryl methyl sites for hydroxylation is 1. The van der Waals surface area contributed by atoms with Crippen LogP contribution < -0.4 is 10.2 Å². The SMILES string of the molecule is Cc1ccc(N(CCC#N)C(=O)COC(=O)CNC(=O)c2cccc(F)c2)cc1. The molecule has 0 saturated heterocycles. The van der Waals surface area contributed by atoms with Gasteiger partial charge in [-0.1, -0.05) is 23.8 Å². The third kappa shape index (κ3) is 6.74. The second-order valence-corrected chi connectivity index (χ2v) is 6.14. The van der Waals surface area contributed by atoms with Gasteiger partial charge in [0.1, 0.15) is 12.4 Å². The van der Waals surface area contributed by atoms with E-state index in [-0.39, 0.29) is 18.5 Å². The molecule has 150 valence electrons. The first-order chi connectivity index (χ1) is 13.9. The Hall–Kier alpha value is -3.73. The van der Waals surface area contributed by atoms with Crippen LogP contribution in [-0.4, -0.2) is 37.5 Å². The summed E-state index contributed by atoms with van der Waals surface area (Å²) in [6, 6.07) is 14.1. The topological polar surface area (TPSA) is 99.5 Å². The Morgan fingerprint density at radius 2 is 1.90 bits per heavy atom. The second kappa shape index (κ2) is 10.6. The molecule has 0 aliphatic heterocycles. The standard InChI is InChI=1S/C21H20FN3O4/c1-15-6-8-18(9-7-15)25(11-3-10-23)19(26)14-29-20(27)13-24-21(28)16-4-2-5-17(22)12-16/h2,4-9,12H,3,11,13-14H2,1H3,(H,24,28). The number of nitrogens with zero attached hydrogens (tertiary/aromatic N) is 2. The Bertz CT molecular complexity index is 922. The highest BCUT2D eigenvalue weighted by Crippen LogP contribution is 2.16. The van der Waals surface area contributed by atoms with Crippen molar-refractivity contribution in [3.8, 4) is 6.07 Å². The Morgan fingerprint density at radius 3 is 2.55 bits per heavy atom. The first-order valence-electron chi connectivity index (χ1n) is 8.84. The van der Waals surface area contributed by atoms with Gasteiger partial charge in [-0.05, 0) is 37.3 Å². The lowest BCUT2D eigenvalue weighted by Gasteiger charge is -2.21. The van der Waals surface area contributed by atoms with Crippen LogP contribution in [0.15, 0.2) is 48.5 Å². The molecule has 8 heteroatoms. The quantitative estimate of drug-likeness (QED) is 0.690. The van der Waals surface area contributed by atoms with Crippen LogP contribution in [0.25, 0.3) is 0 Å². The van der Waals surface area contributed by atoms with Gasteiger partial charge in [-0.25, -0.2) is 4.39 Å². The highest BCUT2D eigenvalue weighted by Gasteiger charge is 2.18. The number of rotatable bonds is 8. The van der Waals surface area contributed by atoms with Crippen molar-refractivity contribution in [2.24, 2.45) is 0 Å². The first kappa shape index (κ1) is 21.6. The number of ether oxygens (including phenoxy) is 1. The molecule has 0 unspecified atom stereocenters. The molecule has 29 heavy (non-hydrogen) atoms. The van der Waals surface area contributed by atoms with Crippen LogP contribution in [-0.2, 0) is 14.3 Å². The molecule has 0 aliphatic rings. The van der Waals surface area contributed by atoms with Crippen molar-refractivity contribution in [3.05, 3.63) is 65.5 Å². The molecule has 0 radical (unpaired) electrons. The zero-order valence-corrected chi connectivity index (χ0v) is 15.9. The van der Waals surface area contributed by atoms with Crippen LogP contribution >= 0.6 is 0 Å². The Balaban J connectivity index is 1.88. The fourth-order valence-electron chi connectivity index (χ4n) is 2.44. The highest BCUT2D eigenvalue weighted by molar-refractivity contribution is 5.97. The summed E-state index contributed by atoms with van der Waals surface area (Å²) < 4.78 is 18.0. The molecule has 0 saturated carbocycles. The lowest BCUT2D eigenvalue weighted by atomic mass is 10.2. The van der Waals surface area contributed by atoms with Gasteiger partial charge in [-0.3, -0.25) is 14.4 Å². The average molecular weight is 397 g/mol. The number of esters is 1. The molecule has 0 heterocycles. The first-order valence-corrected chi connectivity index (χ1v) is 8.84. The van der Waals surface area contributed by atoms with Gasteiger partial charge in [0, 0.05) is 17.8 Å². The van der Waals surface area contributed by atoms with E-state index in [4.69, 9.17) is 10.00 Å². The molecule has 0 fully saturated rings. The van der Waals surface area contributed by atoms with Crippen LogP contribution in [0.4, 0.5) is 10.1 Å². The number of hydrogen-bond acceptors (Lipinski definition) is 5. The largest absolute Gasteiger partial charge is 0.454 e. The van der Waals surface area contributed by atoms with Crippen LogP contribution in [0.2, 0.25) is 0 Å². The summed E-state index contributed by atoms with van der Waals surface area (Å²) in [4.78, 5) is 37.5. The summed E-state index contributed by atoms with van der Waals surface area (Å²) >= 11 is 0. The van der Waals surface area contributed by atoms with Crippen LogP contribution in [0, 0.1) is 24.1 Å². The fourth-order valence-corrected chi connectivity index (χ4v) is 2.44. The Labute approximate surface area is 167 Å². The van der Waals surface area contributed by atoms with Crippen LogP contribution in [0.3, 0.4) is 0 Å². The van der Waals surface area contributed by atoms with E-state index in [1.54, 1.807) is 12.1 Å². The molecule has 0 bridgehead atoms. The molecule has 0 aliphatic carbocycles. The average Bonchev–Trinajstić information content (AvgIpc) is 2.72. The lowest BCUT2D eigenvalue weighted by Crippen LogP contribution is -2.37. The number of benzene rings is 2. The maximum absolute atomic E-state index is 13.1. The minimum absolute atomic E-state index is 0.0657. The lowest BCUT2D eigenvalue weighted by molar-refractivity contribution is -0.146. The zero-order chi connectivity index (χ0) is 21.2. The van der Waals surface area contributed by atoms with E-state index in [2.05, 4.69) is 5.32 Å². The molecule has 0 spiro atoms. The molecular weight excluding hydrogens is 377 g/mol. The third-order valence-electron chi connectivity index (χ3n) is 3.93. The molecular formula is C21H20FN3O4. The van der Waals surface area contributed by atoms with Crippen molar-refractivity contribution in [1.29, 1.82) is 5.26 Å². The zero-order valence-electron chi connectivity index (χ0n) is 15.9. The Kier molecular flexibility index (Phi) is 7.86.